The number of methoxy groups -OCH3 is 1. The summed E-state index contributed by atoms with van der Waals surface area (Å²) >= 11 is 0. The summed E-state index contributed by atoms with van der Waals surface area (Å²) in [7, 11) is -2.04. The Labute approximate surface area is 126 Å². The Hall–Kier alpha value is -0.980. The molecule has 1 rings (SSSR count). The van der Waals surface area contributed by atoms with Gasteiger partial charge in [0.05, 0.1) is 4.90 Å². The highest BCUT2D eigenvalue weighted by atomic mass is 32.2. The second-order valence-electron chi connectivity index (χ2n) is 6.10. The van der Waals surface area contributed by atoms with Crippen LogP contribution in [0.3, 0.4) is 0 Å². The minimum atomic E-state index is -3.65. The molecule has 0 fully saturated rings. The molecule has 0 unspecified atom stereocenters. The van der Waals surface area contributed by atoms with Crippen LogP contribution in [0.5, 0.6) is 0 Å². The van der Waals surface area contributed by atoms with Crippen LogP contribution in [0.1, 0.15) is 31.4 Å². The van der Waals surface area contributed by atoms with Crippen molar-refractivity contribution in [1.29, 1.82) is 0 Å². The van der Waals surface area contributed by atoms with Crippen LogP contribution >= 0.6 is 0 Å². The van der Waals surface area contributed by atoms with E-state index in [9.17, 15) is 12.8 Å². The van der Waals surface area contributed by atoms with Gasteiger partial charge in [-0.3, -0.25) is 0 Å². The smallest absolute Gasteiger partial charge is 0.241 e. The summed E-state index contributed by atoms with van der Waals surface area (Å²) in [6.07, 6.45) is 0.743. The average Bonchev–Trinajstić information content (AvgIpc) is 2.33. The molecule has 0 saturated carbocycles. The van der Waals surface area contributed by atoms with Gasteiger partial charge in [-0.2, -0.15) is 0 Å². The average molecular weight is 317 g/mol. The predicted octanol–water partition coefficient (Wildman–Crippen LogP) is 2.78. The molecule has 1 aromatic rings. The summed E-state index contributed by atoms with van der Waals surface area (Å²) in [5, 5.41) is 0. The van der Waals surface area contributed by atoms with E-state index in [1.54, 1.807) is 21.0 Å². The lowest BCUT2D eigenvalue weighted by Crippen LogP contribution is -2.35. The Morgan fingerprint density at radius 3 is 2.24 bits per heavy atom. The molecule has 0 aliphatic rings. The monoisotopic (exact) mass is 317 g/mol. The Kier molecular flexibility index (Phi) is 5.90. The van der Waals surface area contributed by atoms with Gasteiger partial charge in [0, 0.05) is 20.3 Å². The normalized spacial score (nSPS) is 12.7. The lowest BCUT2D eigenvalue weighted by atomic mass is 9.90. The van der Waals surface area contributed by atoms with Crippen LogP contribution in [0.25, 0.3) is 0 Å². The number of hydrogen-bond acceptors (Lipinski definition) is 3. The molecule has 120 valence electrons. The molecule has 1 aromatic carbocycles. The maximum absolute atomic E-state index is 13.3. The van der Waals surface area contributed by atoms with Gasteiger partial charge in [0.1, 0.15) is 5.82 Å². The maximum Gasteiger partial charge on any atom is 0.241 e. The maximum atomic E-state index is 13.3. The number of aryl methyl sites for hydroxylation is 2. The van der Waals surface area contributed by atoms with Crippen molar-refractivity contribution in [1.82, 2.24) is 4.72 Å². The van der Waals surface area contributed by atoms with E-state index in [0.717, 1.165) is 6.42 Å². The van der Waals surface area contributed by atoms with Crippen LogP contribution in [0.2, 0.25) is 0 Å². The van der Waals surface area contributed by atoms with E-state index in [1.807, 2.05) is 13.8 Å². The van der Waals surface area contributed by atoms with Gasteiger partial charge in [-0.25, -0.2) is 17.5 Å². The van der Waals surface area contributed by atoms with Crippen LogP contribution in [-0.2, 0) is 14.8 Å². The number of benzene rings is 1. The van der Waals surface area contributed by atoms with Crippen molar-refractivity contribution >= 4 is 10.0 Å². The molecule has 0 amide bonds. The van der Waals surface area contributed by atoms with Gasteiger partial charge >= 0.3 is 0 Å². The number of sulfonamides is 1. The molecule has 0 aromatic heterocycles. The highest BCUT2D eigenvalue weighted by molar-refractivity contribution is 7.89. The van der Waals surface area contributed by atoms with Gasteiger partial charge in [-0.1, -0.05) is 13.8 Å². The van der Waals surface area contributed by atoms with Crippen molar-refractivity contribution in [2.24, 2.45) is 5.41 Å². The third-order valence-electron chi connectivity index (χ3n) is 3.42. The molecule has 0 heterocycles. The lowest BCUT2D eigenvalue weighted by Gasteiger charge is -2.25. The second-order valence-corrected chi connectivity index (χ2v) is 7.80. The number of halogens is 1. The lowest BCUT2D eigenvalue weighted by molar-refractivity contribution is 0.153. The van der Waals surface area contributed by atoms with Gasteiger partial charge in [0.2, 0.25) is 10.0 Å². The van der Waals surface area contributed by atoms with Crippen molar-refractivity contribution in [3.8, 4) is 0 Å². The molecule has 0 atom stereocenters. The topological polar surface area (TPSA) is 55.4 Å². The van der Waals surface area contributed by atoms with Crippen LogP contribution in [0, 0.1) is 25.1 Å². The van der Waals surface area contributed by atoms with Gasteiger partial charge < -0.3 is 4.74 Å². The van der Waals surface area contributed by atoms with Crippen LogP contribution in [0.15, 0.2) is 17.0 Å². The van der Waals surface area contributed by atoms with E-state index in [4.69, 9.17) is 4.74 Å². The van der Waals surface area contributed by atoms with E-state index >= 15 is 0 Å². The zero-order valence-corrected chi connectivity index (χ0v) is 14.1. The fraction of sp³-hybridized carbons (Fsp3) is 0.600. The Bertz CT molecular complexity index is 574. The quantitative estimate of drug-likeness (QED) is 0.841. The zero-order chi connectivity index (χ0) is 16.3. The first-order valence-electron chi connectivity index (χ1n) is 6.84. The van der Waals surface area contributed by atoms with Crippen molar-refractivity contribution in [2.75, 3.05) is 20.3 Å². The van der Waals surface area contributed by atoms with E-state index in [1.165, 1.54) is 12.1 Å². The van der Waals surface area contributed by atoms with Gasteiger partial charge in [0.25, 0.3) is 0 Å². The predicted molar refractivity (Wildman–Crippen MR) is 81.3 cm³/mol. The molecule has 0 aliphatic carbocycles. The highest BCUT2D eigenvalue weighted by Gasteiger charge is 2.24. The Balaban J connectivity index is 2.93. The molecule has 4 nitrogen and oxygen atoms in total. The van der Waals surface area contributed by atoms with E-state index in [0.29, 0.717) is 24.3 Å². The first-order chi connectivity index (χ1) is 9.59. The minimum Gasteiger partial charge on any atom is -0.385 e. The first kappa shape index (κ1) is 18.1. The molecule has 0 aliphatic heterocycles. The van der Waals surface area contributed by atoms with Gasteiger partial charge in [-0.05, 0) is 48.9 Å². The number of rotatable bonds is 7. The standard InChI is InChI=1S/C15H24FNO3S/c1-11-8-13(16)9-12(2)14(11)21(18,19)17-10-15(3,4)6-7-20-5/h8-9,17H,6-7,10H2,1-5H3. The van der Waals surface area contributed by atoms with Gasteiger partial charge in [-0.15, -0.1) is 0 Å². The van der Waals surface area contributed by atoms with Crippen LogP contribution in [0.4, 0.5) is 4.39 Å². The third-order valence-corrected chi connectivity index (χ3v) is 5.12. The first-order valence-corrected chi connectivity index (χ1v) is 8.33. The molecular weight excluding hydrogens is 293 g/mol. The summed E-state index contributed by atoms with van der Waals surface area (Å²) in [6.45, 7) is 8.01. The largest absolute Gasteiger partial charge is 0.385 e. The molecule has 1 N–H and O–H groups in total. The molecule has 0 saturated heterocycles. The Morgan fingerprint density at radius 2 is 1.76 bits per heavy atom. The summed E-state index contributed by atoms with van der Waals surface area (Å²) in [5.41, 5.74) is 0.606. The molecule has 0 radical (unpaired) electrons. The van der Waals surface area contributed by atoms with Gasteiger partial charge in [0.15, 0.2) is 0 Å². The molecule has 21 heavy (non-hydrogen) atoms. The molecule has 0 bridgehead atoms. The number of nitrogens with one attached hydrogen (secondary N) is 1. The summed E-state index contributed by atoms with van der Waals surface area (Å²) in [6, 6.07) is 2.47. The van der Waals surface area contributed by atoms with E-state index in [-0.39, 0.29) is 10.3 Å². The molecule has 0 spiro atoms. The van der Waals surface area contributed by atoms with Crippen molar-refractivity contribution in [3.63, 3.8) is 0 Å². The fourth-order valence-corrected chi connectivity index (χ4v) is 3.84. The van der Waals surface area contributed by atoms with E-state index < -0.39 is 15.8 Å². The van der Waals surface area contributed by atoms with E-state index in [2.05, 4.69) is 4.72 Å². The summed E-state index contributed by atoms with van der Waals surface area (Å²) in [5.74, 6) is -0.427. The number of ether oxygens (including phenoxy) is 1. The fourth-order valence-electron chi connectivity index (χ4n) is 2.15. The SMILES string of the molecule is COCCC(C)(C)CNS(=O)(=O)c1c(C)cc(F)cc1C. The summed E-state index contributed by atoms with van der Waals surface area (Å²) in [4.78, 5) is 0.159. The third kappa shape index (κ3) is 5.05. The molecular formula is C15H24FNO3S. The Morgan fingerprint density at radius 1 is 1.24 bits per heavy atom. The zero-order valence-electron chi connectivity index (χ0n) is 13.3. The highest BCUT2D eigenvalue weighted by Crippen LogP contribution is 2.24. The second kappa shape index (κ2) is 6.85. The van der Waals surface area contributed by atoms with Crippen molar-refractivity contribution in [2.45, 2.75) is 39.0 Å². The molecule has 6 heteroatoms. The van der Waals surface area contributed by atoms with Crippen LogP contribution < -0.4 is 4.72 Å². The summed E-state index contributed by atoms with van der Waals surface area (Å²) < 4.78 is 45.8. The minimum absolute atomic E-state index is 0.159. The van der Waals surface area contributed by atoms with Crippen molar-refractivity contribution < 1.29 is 17.5 Å². The number of hydrogen-bond donors (Lipinski definition) is 1. The van der Waals surface area contributed by atoms with Crippen LogP contribution in [-0.4, -0.2) is 28.7 Å². The van der Waals surface area contributed by atoms with Crippen molar-refractivity contribution in [3.05, 3.63) is 29.1 Å².